The molecule has 0 aliphatic heterocycles. The average Bonchev–Trinajstić information content (AvgIpc) is 2.46. The second kappa shape index (κ2) is 5.92. The molecule has 0 aliphatic carbocycles. The number of nitrogens with one attached hydrogen (secondary N) is 1. The SMILES string of the molecule is O=C(Nc1ccccc1)c1cc([N+](=O)[O-])cc(S(=O)(=O)[O-])c1. The van der Waals surface area contributed by atoms with Crippen molar-refractivity contribution < 1.29 is 22.7 Å². The second-order valence-electron chi connectivity index (χ2n) is 4.25. The molecule has 0 aromatic heterocycles. The molecular weight excluding hydrogens is 312 g/mol. The largest absolute Gasteiger partial charge is 0.744 e. The molecule has 0 bridgehead atoms. The number of hydrogen-bond donors (Lipinski definition) is 1. The third kappa shape index (κ3) is 3.65. The molecule has 1 N–H and O–H groups in total. The first-order chi connectivity index (χ1) is 10.3. The van der Waals surface area contributed by atoms with E-state index in [-0.39, 0.29) is 5.56 Å². The van der Waals surface area contributed by atoms with Crippen LogP contribution in [0.5, 0.6) is 0 Å². The molecule has 8 nitrogen and oxygen atoms in total. The quantitative estimate of drug-likeness (QED) is 0.518. The van der Waals surface area contributed by atoms with Gasteiger partial charge in [0.15, 0.2) is 0 Å². The summed E-state index contributed by atoms with van der Waals surface area (Å²) in [6.07, 6.45) is 0. The van der Waals surface area contributed by atoms with Crippen LogP contribution in [0.15, 0.2) is 53.4 Å². The maximum atomic E-state index is 12.0. The van der Waals surface area contributed by atoms with Crippen molar-refractivity contribution in [3.63, 3.8) is 0 Å². The number of nitrogens with zero attached hydrogens (tertiary/aromatic N) is 1. The Bertz CT molecular complexity index is 833. The highest BCUT2D eigenvalue weighted by Crippen LogP contribution is 2.21. The maximum absolute atomic E-state index is 12.0. The van der Waals surface area contributed by atoms with E-state index in [1.165, 1.54) is 0 Å². The van der Waals surface area contributed by atoms with Crippen molar-refractivity contribution >= 4 is 27.4 Å². The zero-order valence-corrected chi connectivity index (χ0v) is 11.7. The number of nitro groups is 1. The van der Waals surface area contributed by atoms with Crippen LogP contribution in [0.25, 0.3) is 0 Å². The first-order valence-electron chi connectivity index (χ1n) is 5.89. The number of amides is 1. The molecule has 9 heteroatoms. The highest BCUT2D eigenvalue weighted by atomic mass is 32.2. The van der Waals surface area contributed by atoms with Crippen molar-refractivity contribution in [2.75, 3.05) is 5.32 Å². The minimum absolute atomic E-state index is 0.299. The lowest BCUT2D eigenvalue weighted by atomic mass is 10.2. The van der Waals surface area contributed by atoms with Crippen molar-refractivity contribution in [3.8, 4) is 0 Å². The summed E-state index contributed by atoms with van der Waals surface area (Å²) >= 11 is 0. The lowest BCUT2D eigenvalue weighted by molar-refractivity contribution is -0.385. The zero-order chi connectivity index (χ0) is 16.3. The highest BCUT2D eigenvalue weighted by molar-refractivity contribution is 7.85. The van der Waals surface area contributed by atoms with Crippen molar-refractivity contribution in [3.05, 3.63) is 64.2 Å². The fraction of sp³-hybridized carbons (Fsp3) is 0. The third-order valence-electron chi connectivity index (χ3n) is 2.68. The van der Waals surface area contributed by atoms with Crippen LogP contribution in [-0.4, -0.2) is 23.8 Å². The van der Waals surface area contributed by atoms with Gasteiger partial charge in [-0.25, -0.2) is 8.42 Å². The molecule has 0 atom stereocenters. The minimum atomic E-state index is -4.92. The molecule has 0 fully saturated rings. The molecule has 1 amide bonds. The number of anilines is 1. The topological polar surface area (TPSA) is 129 Å². The van der Waals surface area contributed by atoms with Crippen LogP contribution in [0.2, 0.25) is 0 Å². The molecule has 0 aliphatic rings. The normalized spacial score (nSPS) is 11.0. The molecule has 0 saturated carbocycles. The van der Waals surface area contributed by atoms with Crippen molar-refractivity contribution in [2.45, 2.75) is 4.90 Å². The fourth-order valence-electron chi connectivity index (χ4n) is 1.69. The van der Waals surface area contributed by atoms with E-state index in [0.29, 0.717) is 11.8 Å². The van der Waals surface area contributed by atoms with Crippen LogP contribution in [0, 0.1) is 10.1 Å². The zero-order valence-electron chi connectivity index (χ0n) is 10.9. The molecular formula is C13H9N2O6S-. The van der Waals surface area contributed by atoms with E-state index in [4.69, 9.17) is 0 Å². The number of hydrogen-bond acceptors (Lipinski definition) is 6. The molecule has 2 aromatic carbocycles. The van der Waals surface area contributed by atoms with Gasteiger partial charge in [-0.1, -0.05) is 18.2 Å². The van der Waals surface area contributed by atoms with Gasteiger partial charge in [0, 0.05) is 23.4 Å². The Kier molecular flexibility index (Phi) is 4.20. The third-order valence-corrected chi connectivity index (χ3v) is 3.50. The number of carbonyl (C=O) groups is 1. The van der Waals surface area contributed by atoms with Gasteiger partial charge in [0.05, 0.1) is 9.82 Å². The van der Waals surface area contributed by atoms with Gasteiger partial charge in [-0.15, -0.1) is 0 Å². The molecule has 0 heterocycles. The van der Waals surface area contributed by atoms with Gasteiger partial charge < -0.3 is 9.87 Å². The molecule has 0 spiro atoms. The van der Waals surface area contributed by atoms with E-state index in [0.717, 1.165) is 12.1 Å². The number of benzene rings is 2. The van der Waals surface area contributed by atoms with Gasteiger partial charge in [-0.3, -0.25) is 14.9 Å². The van der Waals surface area contributed by atoms with Gasteiger partial charge in [0.2, 0.25) is 0 Å². The maximum Gasteiger partial charge on any atom is 0.271 e. The van der Waals surface area contributed by atoms with Gasteiger partial charge >= 0.3 is 0 Å². The summed E-state index contributed by atoms with van der Waals surface area (Å²) in [6.45, 7) is 0. The van der Waals surface area contributed by atoms with Crippen molar-refractivity contribution in [1.82, 2.24) is 0 Å². The summed E-state index contributed by atoms with van der Waals surface area (Å²) in [7, 11) is -4.92. The Morgan fingerprint density at radius 1 is 1.09 bits per heavy atom. The van der Waals surface area contributed by atoms with Gasteiger partial charge in [0.25, 0.3) is 11.6 Å². The van der Waals surface area contributed by atoms with Crippen molar-refractivity contribution in [2.24, 2.45) is 0 Å². The van der Waals surface area contributed by atoms with E-state index in [2.05, 4.69) is 5.32 Å². The Balaban J connectivity index is 2.43. The molecule has 0 saturated heterocycles. The van der Waals surface area contributed by atoms with Gasteiger partial charge in [0.1, 0.15) is 10.1 Å². The number of rotatable bonds is 4. The standard InChI is InChI=1S/C13H10N2O6S/c16-13(14-10-4-2-1-3-5-10)9-6-11(15(17)18)8-12(7-9)22(19,20)21/h1-8H,(H,14,16)(H,19,20,21)/p-1. The number of non-ortho nitro benzene ring substituents is 1. The predicted molar refractivity (Wildman–Crippen MR) is 75.5 cm³/mol. The molecule has 114 valence electrons. The minimum Gasteiger partial charge on any atom is -0.744 e. The van der Waals surface area contributed by atoms with Crippen LogP contribution in [0.4, 0.5) is 11.4 Å². The first kappa shape index (κ1) is 15.6. The number of carbonyl (C=O) groups excluding carboxylic acids is 1. The monoisotopic (exact) mass is 321 g/mol. The Morgan fingerprint density at radius 2 is 1.73 bits per heavy atom. The van der Waals surface area contributed by atoms with E-state index in [1.54, 1.807) is 30.3 Å². The molecule has 2 rings (SSSR count). The van der Waals surface area contributed by atoms with E-state index >= 15 is 0 Å². The summed E-state index contributed by atoms with van der Waals surface area (Å²) in [5.41, 5.74) is -0.534. The Morgan fingerprint density at radius 3 is 2.27 bits per heavy atom. The van der Waals surface area contributed by atoms with Crippen LogP contribution in [-0.2, 0) is 10.1 Å². The average molecular weight is 321 g/mol. The van der Waals surface area contributed by atoms with E-state index < -0.39 is 31.5 Å². The molecule has 22 heavy (non-hydrogen) atoms. The summed E-state index contributed by atoms with van der Waals surface area (Å²) < 4.78 is 33.1. The van der Waals surface area contributed by atoms with Crippen LogP contribution < -0.4 is 5.32 Å². The molecule has 0 unspecified atom stereocenters. The number of nitro benzene ring substituents is 1. The van der Waals surface area contributed by atoms with Crippen LogP contribution in [0.1, 0.15) is 10.4 Å². The second-order valence-corrected chi connectivity index (χ2v) is 5.63. The van der Waals surface area contributed by atoms with Crippen molar-refractivity contribution in [1.29, 1.82) is 0 Å². The van der Waals surface area contributed by atoms with Crippen LogP contribution >= 0.6 is 0 Å². The summed E-state index contributed by atoms with van der Waals surface area (Å²) in [6, 6.07) is 10.5. The predicted octanol–water partition coefficient (Wildman–Crippen LogP) is 1.75. The van der Waals surface area contributed by atoms with E-state index in [9.17, 15) is 27.9 Å². The Labute approximate surface area is 125 Å². The van der Waals surface area contributed by atoms with E-state index in [1.807, 2.05) is 0 Å². The fourth-order valence-corrected chi connectivity index (χ4v) is 2.23. The lowest BCUT2D eigenvalue weighted by Crippen LogP contribution is -2.13. The molecule has 2 aromatic rings. The highest BCUT2D eigenvalue weighted by Gasteiger charge is 2.17. The lowest BCUT2D eigenvalue weighted by Gasteiger charge is -2.10. The summed E-state index contributed by atoms with van der Waals surface area (Å²) in [5, 5.41) is 13.2. The van der Waals surface area contributed by atoms with Crippen LogP contribution in [0.3, 0.4) is 0 Å². The Hall–Kier alpha value is -2.78. The summed E-state index contributed by atoms with van der Waals surface area (Å²) in [4.78, 5) is 21.1. The number of para-hydroxylation sites is 1. The first-order valence-corrected chi connectivity index (χ1v) is 7.30. The van der Waals surface area contributed by atoms with Gasteiger partial charge in [-0.2, -0.15) is 0 Å². The molecule has 0 radical (unpaired) electrons. The summed E-state index contributed by atoms with van der Waals surface area (Å²) in [5.74, 6) is -0.764. The van der Waals surface area contributed by atoms with Gasteiger partial charge in [-0.05, 0) is 18.2 Å². The smallest absolute Gasteiger partial charge is 0.271 e.